The van der Waals surface area contributed by atoms with Gasteiger partial charge >= 0.3 is 6.18 Å². The number of amides is 1. The summed E-state index contributed by atoms with van der Waals surface area (Å²) >= 11 is 4.03. The number of rotatable bonds is 3. The predicted octanol–water partition coefficient (Wildman–Crippen LogP) is 4.40. The zero-order chi connectivity index (χ0) is 20.9. The SMILES string of the molecule is O=C(c1cc2sc(N3CCCC3)nc2s1)N1CCN(c2nc(C(F)(F)F)cs2)CC1. The Bertz CT molecular complexity index is 1030. The van der Waals surface area contributed by atoms with Crippen molar-refractivity contribution in [3.8, 4) is 0 Å². The zero-order valence-electron chi connectivity index (χ0n) is 15.8. The van der Waals surface area contributed by atoms with Crippen molar-refractivity contribution in [1.82, 2.24) is 14.9 Å². The Morgan fingerprint density at radius 3 is 2.27 bits per heavy atom. The minimum absolute atomic E-state index is 0.0392. The fourth-order valence-electron chi connectivity index (χ4n) is 3.67. The third kappa shape index (κ3) is 3.76. The average Bonchev–Trinajstić information content (AvgIpc) is 3.50. The molecule has 5 heterocycles. The van der Waals surface area contributed by atoms with Crippen molar-refractivity contribution < 1.29 is 18.0 Å². The number of hydrogen-bond donors (Lipinski definition) is 0. The molecule has 5 rings (SSSR count). The molecule has 0 aromatic carbocycles. The van der Waals surface area contributed by atoms with E-state index in [0.29, 0.717) is 36.2 Å². The molecule has 2 saturated heterocycles. The van der Waals surface area contributed by atoms with E-state index in [4.69, 9.17) is 4.98 Å². The van der Waals surface area contributed by atoms with E-state index in [-0.39, 0.29) is 5.91 Å². The van der Waals surface area contributed by atoms with Gasteiger partial charge in [0.15, 0.2) is 16.0 Å². The predicted molar refractivity (Wildman–Crippen MR) is 114 cm³/mol. The summed E-state index contributed by atoms with van der Waals surface area (Å²) in [5.74, 6) is -0.0392. The number of carbonyl (C=O) groups excluding carboxylic acids is 1. The van der Waals surface area contributed by atoms with Crippen molar-refractivity contribution in [3.05, 3.63) is 22.0 Å². The van der Waals surface area contributed by atoms with Gasteiger partial charge in [-0.15, -0.1) is 22.7 Å². The molecule has 30 heavy (non-hydrogen) atoms. The number of aromatic nitrogens is 2. The fourth-order valence-corrected chi connectivity index (χ4v) is 6.79. The molecule has 160 valence electrons. The van der Waals surface area contributed by atoms with Gasteiger partial charge < -0.3 is 14.7 Å². The van der Waals surface area contributed by atoms with Gasteiger partial charge in [0.25, 0.3) is 5.91 Å². The number of halogens is 3. The summed E-state index contributed by atoms with van der Waals surface area (Å²) in [6.45, 7) is 3.93. The maximum atomic E-state index is 12.9. The summed E-state index contributed by atoms with van der Waals surface area (Å²) in [5, 5.41) is 2.42. The van der Waals surface area contributed by atoms with Gasteiger partial charge in [-0.05, 0) is 18.9 Å². The number of hydrogen-bond acceptors (Lipinski definition) is 8. The van der Waals surface area contributed by atoms with Gasteiger partial charge in [-0.1, -0.05) is 11.3 Å². The standard InChI is InChI=1S/C18H18F3N5OS3/c19-18(20,21)13-10-28-16(22-13)26-7-5-24(6-8-26)15(27)12-9-11-14(29-12)23-17(30-11)25-3-1-2-4-25/h9-10H,1-8H2. The molecule has 0 radical (unpaired) electrons. The highest BCUT2D eigenvalue weighted by atomic mass is 32.1. The number of nitrogens with zero attached hydrogens (tertiary/aromatic N) is 5. The largest absolute Gasteiger partial charge is 0.434 e. The van der Waals surface area contributed by atoms with Gasteiger partial charge in [0.05, 0.1) is 9.58 Å². The highest BCUT2D eigenvalue weighted by Gasteiger charge is 2.35. The molecule has 0 atom stereocenters. The second-order valence-electron chi connectivity index (χ2n) is 7.26. The van der Waals surface area contributed by atoms with Crippen LogP contribution in [0, 0.1) is 0 Å². The van der Waals surface area contributed by atoms with Crippen LogP contribution in [0.4, 0.5) is 23.4 Å². The molecule has 0 unspecified atom stereocenters. The number of fused-ring (bicyclic) bond motifs is 1. The molecule has 2 fully saturated rings. The molecule has 0 N–H and O–H groups in total. The van der Waals surface area contributed by atoms with Crippen LogP contribution in [-0.4, -0.2) is 60.0 Å². The minimum Gasteiger partial charge on any atom is -0.348 e. The van der Waals surface area contributed by atoms with Gasteiger partial charge in [-0.2, -0.15) is 13.2 Å². The summed E-state index contributed by atoms with van der Waals surface area (Å²) in [5.41, 5.74) is -0.861. The molecule has 0 aliphatic carbocycles. The Hall–Kier alpha value is -1.92. The third-order valence-electron chi connectivity index (χ3n) is 5.29. The van der Waals surface area contributed by atoms with Crippen LogP contribution in [-0.2, 0) is 6.18 Å². The molecule has 2 aliphatic heterocycles. The number of alkyl halides is 3. The lowest BCUT2D eigenvalue weighted by Crippen LogP contribution is -2.48. The van der Waals surface area contributed by atoms with E-state index < -0.39 is 11.9 Å². The van der Waals surface area contributed by atoms with Gasteiger partial charge in [-0.25, -0.2) is 9.97 Å². The smallest absolute Gasteiger partial charge is 0.348 e. The minimum atomic E-state index is -4.43. The quantitative estimate of drug-likeness (QED) is 0.565. The second-order valence-corrected chi connectivity index (χ2v) is 10.1. The zero-order valence-corrected chi connectivity index (χ0v) is 18.3. The first kappa shape index (κ1) is 20.0. The summed E-state index contributed by atoms with van der Waals surface area (Å²) < 4.78 is 39.3. The lowest BCUT2D eigenvalue weighted by molar-refractivity contribution is -0.140. The summed E-state index contributed by atoms with van der Waals surface area (Å²) in [4.78, 5) is 28.7. The van der Waals surface area contributed by atoms with Gasteiger partial charge in [0.2, 0.25) is 0 Å². The lowest BCUT2D eigenvalue weighted by Gasteiger charge is -2.34. The molecule has 0 saturated carbocycles. The van der Waals surface area contributed by atoms with Crippen molar-refractivity contribution in [3.63, 3.8) is 0 Å². The molecule has 0 spiro atoms. The number of thiophene rings is 1. The molecule has 0 bridgehead atoms. The summed E-state index contributed by atoms with van der Waals surface area (Å²) in [7, 11) is 0. The number of carbonyl (C=O) groups is 1. The molecule has 6 nitrogen and oxygen atoms in total. The maximum absolute atomic E-state index is 12.9. The van der Waals surface area contributed by atoms with Crippen molar-refractivity contribution in [2.75, 3.05) is 49.1 Å². The van der Waals surface area contributed by atoms with Crippen molar-refractivity contribution in [1.29, 1.82) is 0 Å². The van der Waals surface area contributed by atoms with Crippen LogP contribution >= 0.6 is 34.0 Å². The highest BCUT2D eigenvalue weighted by Crippen LogP contribution is 2.37. The van der Waals surface area contributed by atoms with Gasteiger partial charge in [-0.3, -0.25) is 4.79 Å². The molecular weight excluding hydrogens is 455 g/mol. The van der Waals surface area contributed by atoms with E-state index in [9.17, 15) is 18.0 Å². The summed E-state index contributed by atoms with van der Waals surface area (Å²) in [6.07, 6.45) is -2.04. The summed E-state index contributed by atoms with van der Waals surface area (Å²) in [6, 6.07) is 1.92. The van der Waals surface area contributed by atoms with Crippen LogP contribution in [0.15, 0.2) is 11.4 Å². The number of anilines is 2. The van der Waals surface area contributed by atoms with Crippen molar-refractivity contribution in [2.24, 2.45) is 0 Å². The van der Waals surface area contributed by atoms with Crippen molar-refractivity contribution in [2.45, 2.75) is 19.0 Å². The Morgan fingerprint density at radius 2 is 1.63 bits per heavy atom. The van der Waals surface area contributed by atoms with E-state index in [1.54, 1.807) is 21.1 Å². The molecule has 3 aromatic rings. The van der Waals surface area contributed by atoms with Crippen LogP contribution in [0.25, 0.3) is 9.53 Å². The van der Waals surface area contributed by atoms with Crippen LogP contribution in [0.2, 0.25) is 0 Å². The van der Waals surface area contributed by atoms with Crippen LogP contribution in [0.1, 0.15) is 28.2 Å². The van der Waals surface area contributed by atoms with E-state index in [1.807, 2.05) is 6.07 Å². The third-order valence-corrected chi connectivity index (χ3v) is 8.40. The fraction of sp³-hybridized carbons (Fsp3) is 0.500. The average molecular weight is 474 g/mol. The molecular formula is C18H18F3N5OS3. The Balaban J connectivity index is 1.23. The van der Waals surface area contributed by atoms with E-state index >= 15 is 0 Å². The first-order valence-corrected chi connectivity index (χ1v) is 12.1. The normalized spacial score (nSPS) is 18.0. The monoisotopic (exact) mass is 473 g/mol. The van der Waals surface area contributed by atoms with E-state index in [2.05, 4.69) is 9.88 Å². The topological polar surface area (TPSA) is 52.6 Å². The lowest BCUT2D eigenvalue weighted by atomic mass is 10.3. The van der Waals surface area contributed by atoms with Crippen molar-refractivity contribution >= 4 is 59.7 Å². The molecule has 12 heteroatoms. The Morgan fingerprint density at radius 1 is 0.933 bits per heavy atom. The van der Waals surface area contributed by atoms with Gasteiger partial charge in [0.1, 0.15) is 4.83 Å². The van der Waals surface area contributed by atoms with Crippen LogP contribution in [0.3, 0.4) is 0 Å². The molecule has 3 aromatic heterocycles. The van der Waals surface area contributed by atoms with Gasteiger partial charge in [0, 0.05) is 44.6 Å². The number of thiazole rings is 2. The first-order valence-electron chi connectivity index (χ1n) is 9.61. The van der Waals surface area contributed by atoms with E-state index in [0.717, 1.165) is 44.5 Å². The Labute approximate surface area is 182 Å². The number of piperazine rings is 1. The second kappa shape index (κ2) is 7.65. The van der Waals surface area contributed by atoms with Crippen LogP contribution in [0.5, 0.6) is 0 Å². The maximum Gasteiger partial charge on any atom is 0.434 e. The van der Waals surface area contributed by atoms with E-state index in [1.165, 1.54) is 24.2 Å². The molecule has 2 aliphatic rings. The first-order chi connectivity index (χ1) is 14.4. The highest BCUT2D eigenvalue weighted by molar-refractivity contribution is 7.29. The molecule has 1 amide bonds. The van der Waals surface area contributed by atoms with Crippen LogP contribution < -0.4 is 9.80 Å². The Kier molecular flexibility index (Phi) is 5.10.